The minimum atomic E-state index is -0.617. The molecule has 0 radical (unpaired) electrons. The van der Waals surface area contributed by atoms with E-state index in [1.165, 1.54) is 73.8 Å². The van der Waals surface area contributed by atoms with Gasteiger partial charge in [0, 0.05) is 119 Å². The van der Waals surface area contributed by atoms with E-state index >= 15 is 0 Å². The Bertz CT molecular complexity index is 5760. The fraction of sp³-hybridized carbons (Fsp3) is 0.110. The molecule has 12 N–H and O–H groups in total. The molecular weight excluding hydrogens is 1540 g/mol. The lowest BCUT2D eigenvalue weighted by atomic mass is 10.1. The normalized spacial score (nSPS) is 11.8. The molecule has 6 aromatic carbocycles. The van der Waals surface area contributed by atoms with Crippen molar-refractivity contribution in [1.82, 2.24) is 85.6 Å². The highest BCUT2D eigenvalue weighted by Crippen LogP contribution is 2.32. The Morgan fingerprint density at radius 1 is 0.316 bits per heavy atom. The van der Waals surface area contributed by atoms with Gasteiger partial charge in [0.25, 0.3) is 0 Å². The van der Waals surface area contributed by atoms with Crippen LogP contribution in [-0.4, -0.2) is 92.8 Å². The standard InChI is InChI=1S/C22H20F2N6O.C21H18F2N6.C20H17F2N7.C19H16F2N6S/c1-13(17-7-6-15(23)9-18(17)24)27-20-11-21(26-12-25-20)28-22-10-19(29-30-22)14-4-3-5-16(8-14)31-2;1-13(16-8-7-15(22)9-17(16)23)26-19-11-20(25-12-24-19)27-21-10-18(28-29-21)14-5-3-2-4-6-14;1-12(15-5-4-14(21)7-16(15)22)26-18-9-19(25-11-24-18)27-20-8-17(28-29-20)13-3-2-6-23-10-13;1-11(13-5-4-12(20)7-14(13)21)24-17-9-18(23-10-22-17)25-19-8-15(26-27-19)16-3-2-6-28-16/h3-13H,1-2H3,(H3,25,26,27,28,29,30);2-13H,1H3,(H3,24,25,26,27,28,29);2-12H,1H3,(H3,24,25,26,27,28,29);2-11H,1H3,(H3,22,23,24,25,26,27). The van der Waals surface area contributed by atoms with Crippen LogP contribution < -0.4 is 47.3 Å². The summed E-state index contributed by atoms with van der Waals surface area (Å²) in [5.74, 6) is 2.27. The van der Waals surface area contributed by atoms with Gasteiger partial charge in [-0.05, 0) is 93.2 Å². The van der Waals surface area contributed by atoms with Crippen LogP contribution in [0, 0.1) is 46.5 Å². The number of hydrogen-bond donors (Lipinski definition) is 12. The number of H-pyrrole nitrogens is 4. The largest absolute Gasteiger partial charge is 0.497 e. The summed E-state index contributed by atoms with van der Waals surface area (Å²) in [4.78, 5) is 38.5. The molecule has 0 fully saturated rings. The molecule has 117 heavy (non-hydrogen) atoms. The third kappa shape index (κ3) is 22.0. The molecule has 592 valence electrons. The van der Waals surface area contributed by atoms with E-state index in [9.17, 15) is 35.1 Å². The molecule has 0 bridgehead atoms. The molecule has 10 heterocycles. The lowest BCUT2D eigenvalue weighted by molar-refractivity contribution is 0.415. The lowest BCUT2D eigenvalue weighted by Crippen LogP contribution is -2.10. The Hall–Kier alpha value is -15.0. The fourth-order valence-corrected chi connectivity index (χ4v) is 12.3. The third-order valence-corrected chi connectivity index (χ3v) is 18.3. The Labute approximate surface area is 667 Å². The van der Waals surface area contributed by atoms with Crippen molar-refractivity contribution in [2.24, 2.45) is 0 Å². The molecule has 10 aromatic heterocycles. The van der Waals surface area contributed by atoms with Crippen molar-refractivity contribution in [3.63, 3.8) is 0 Å². The maximum absolute atomic E-state index is 14.0. The number of nitrogens with zero attached hydrogens (tertiary/aromatic N) is 13. The third-order valence-electron chi connectivity index (χ3n) is 17.4. The maximum atomic E-state index is 14.0. The number of pyridine rings is 1. The molecule has 26 nitrogen and oxygen atoms in total. The van der Waals surface area contributed by atoms with Crippen LogP contribution in [0.15, 0.2) is 243 Å². The van der Waals surface area contributed by atoms with Crippen molar-refractivity contribution >= 4 is 81.2 Å². The van der Waals surface area contributed by atoms with E-state index in [0.29, 0.717) is 92.1 Å². The molecule has 4 atom stereocenters. The number of ether oxygens (including phenoxy) is 1. The van der Waals surface area contributed by atoms with Gasteiger partial charge in [-0.15, -0.1) is 11.3 Å². The first-order valence-corrected chi connectivity index (χ1v) is 36.7. The molecular formula is C82H71F8N25OS. The number of anilines is 12. The molecule has 0 aliphatic rings. The molecule has 16 rings (SSSR count). The predicted octanol–water partition coefficient (Wildman–Crippen LogP) is 19.7. The van der Waals surface area contributed by atoms with Crippen LogP contribution in [-0.2, 0) is 0 Å². The smallest absolute Gasteiger partial charge is 0.153 e. The quantitative estimate of drug-likeness (QED) is 0.0237. The average molecular weight is 1610 g/mol. The molecule has 0 aliphatic carbocycles. The molecule has 0 saturated heterocycles. The number of aromatic amines is 4. The van der Waals surface area contributed by atoms with E-state index < -0.39 is 70.7 Å². The monoisotopic (exact) mass is 1610 g/mol. The Morgan fingerprint density at radius 3 is 1.01 bits per heavy atom. The summed E-state index contributed by atoms with van der Waals surface area (Å²) in [7, 11) is 1.62. The van der Waals surface area contributed by atoms with E-state index in [-0.39, 0.29) is 0 Å². The zero-order valence-electron chi connectivity index (χ0n) is 62.6. The van der Waals surface area contributed by atoms with Crippen LogP contribution in [0.25, 0.3) is 44.3 Å². The van der Waals surface area contributed by atoms with Gasteiger partial charge in [0.05, 0.1) is 58.9 Å². The summed E-state index contributed by atoms with van der Waals surface area (Å²) >= 11 is 1.62. The van der Waals surface area contributed by atoms with Crippen molar-refractivity contribution in [2.45, 2.75) is 51.9 Å². The van der Waals surface area contributed by atoms with Gasteiger partial charge in [0.2, 0.25) is 0 Å². The minimum absolute atomic E-state index is 0.338. The van der Waals surface area contributed by atoms with Crippen LogP contribution in [0.2, 0.25) is 0 Å². The van der Waals surface area contributed by atoms with Crippen molar-refractivity contribution in [1.29, 1.82) is 0 Å². The SMILES string of the molecule is CC(Nc1cc(Nc2cc(-c3ccccc3)[nH]n2)ncn1)c1ccc(F)cc1F.CC(Nc1cc(Nc2cc(-c3cccnc3)[nH]n2)ncn1)c1ccc(F)cc1F.CC(Nc1cc(Nc2cc(-c3cccs3)[nH]n2)ncn1)c1ccc(F)cc1F.COc1cccc(-c2cc(Nc3cc(NC(C)c4ccc(F)cc4F)ncn3)n[nH]2)c1. The first-order valence-electron chi connectivity index (χ1n) is 35.8. The summed E-state index contributed by atoms with van der Waals surface area (Å²) in [6, 6.07) is 51.7. The van der Waals surface area contributed by atoms with Crippen LogP contribution >= 0.6 is 11.3 Å². The first-order chi connectivity index (χ1) is 56.8. The number of benzene rings is 6. The van der Waals surface area contributed by atoms with E-state index in [0.717, 1.165) is 74.4 Å². The molecule has 4 unspecified atom stereocenters. The van der Waals surface area contributed by atoms with Crippen LogP contribution in [0.3, 0.4) is 0 Å². The lowest BCUT2D eigenvalue weighted by Gasteiger charge is -2.16. The van der Waals surface area contributed by atoms with Gasteiger partial charge in [-0.25, -0.2) is 75.0 Å². The van der Waals surface area contributed by atoms with E-state index in [2.05, 4.69) is 128 Å². The maximum Gasteiger partial charge on any atom is 0.153 e. The Morgan fingerprint density at radius 2 is 0.658 bits per heavy atom. The van der Waals surface area contributed by atoms with Crippen LogP contribution in [0.1, 0.15) is 74.1 Å². The number of aromatic nitrogens is 17. The zero-order chi connectivity index (χ0) is 81.7. The summed E-state index contributed by atoms with van der Waals surface area (Å²) < 4.78 is 114. The van der Waals surface area contributed by atoms with Gasteiger partial charge in [-0.3, -0.25) is 25.4 Å². The summed E-state index contributed by atoms with van der Waals surface area (Å²) in [5.41, 5.74) is 7.65. The highest BCUT2D eigenvalue weighted by Gasteiger charge is 2.19. The molecule has 0 amide bonds. The van der Waals surface area contributed by atoms with E-state index in [4.69, 9.17) is 4.74 Å². The number of hydrogen-bond acceptors (Lipinski definition) is 23. The number of halogens is 8. The van der Waals surface area contributed by atoms with Gasteiger partial charge in [-0.2, -0.15) is 20.4 Å². The number of thiophene rings is 1. The van der Waals surface area contributed by atoms with Gasteiger partial charge in [0.1, 0.15) is 124 Å². The number of rotatable bonds is 25. The van der Waals surface area contributed by atoms with E-state index in [1.807, 2.05) is 109 Å². The van der Waals surface area contributed by atoms with Gasteiger partial charge in [-0.1, -0.05) is 72.8 Å². The zero-order valence-corrected chi connectivity index (χ0v) is 63.4. The fourth-order valence-electron chi connectivity index (χ4n) is 11.6. The minimum Gasteiger partial charge on any atom is -0.497 e. The number of nitrogens with one attached hydrogen (secondary N) is 12. The Balaban J connectivity index is 0.000000136. The summed E-state index contributed by atoms with van der Waals surface area (Å²) in [6.45, 7) is 7.07. The van der Waals surface area contributed by atoms with Crippen LogP contribution in [0.4, 0.5) is 105 Å². The first kappa shape index (κ1) is 80.0. The van der Waals surface area contributed by atoms with Crippen molar-refractivity contribution < 1.29 is 39.9 Å². The van der Waals surface area contributed by atoms with Gasteiger partial charge < -0.3 is 47.3 Å². The van der Waals surface area contributed by atoms with E-state index in [1.54, 1.807) is 82.8 Å². The molecule has 16 aromatic rings. The molecule has 0 aliphatic heterocycles. The van der Waals surface area contributed by atoms with Crippen molar-refractivity contribution in [2.75, 3.05) is 49.6 Å². The second kappa shape index (κ2) is 38.0. The Kier molecular flexibility index (Phi) is 26.0. The molecule has 0 spiro atoms. The average Bonchev–Trinajstić information content (AvgIpc) is 1.51. The second-order valence-corrected chi connectivity index (χ2v) is 26.7. The topological polar surface area (TPSA) is 336 Å². The molecule has 0 saturated carbocycles. The summed E-state index contributed by atoms with van der Waals surface area (Å²) in [6.07, 6.45) is 8.99. The summed E-state index contributed by atoms with van der Waals surface area (Å²) in [5, 5.41) is 55.6. The number of methoxy groups -OCH3 is 1. The predicted molar refractivity (Wildman–Crippen MR) is 433 cm³/mol. The highest BCUT2D eigenvalue weighted by molar-refractivity contribution is 7.13. The van der Waals surface area contributed by atoms with Crippen LogP contribution in [0.5, 0.6) is 5.75 Å². The van der Waals surface area contributed by atoms with Crippen molar-refractivity contribution in [3.05, 3.63) is 312 Å². The highest BCUT2D eigenvalue weighted by atomic mass is 32.1. The van der Waals surface area contributed by atoms with Crippen molar-refractivity contribution in [3.8, 4) is 50.1 Å². The van der Waals surface area contributed by atoms with Gasteiger partial charge in [0.15, 0.2) is 23.3 Å². The molecule has 35 heteroatoms. The van der Waals surface area contributed by atoms with Gasteiger partial charge >= 0.3 is 0 Å². The second-order valence-electron chi connectivity index (χ2n) is 25.8.